The molecule has 0 aromatic heterocycles. The Bertz CT molecular complexity index is 774. The average molecular weight is 340 g/mol. The van der Waals surface area contributed by atoms with Gasteiger partial charge in [0.2, 0.25) is 11.8 Å². The molecule has 0 aliphatic heterocycles. The van der Waals surface area contributed by atoms with E-state index in [1.54, 1.807) is 12.1 Å². The SMILES string of the molecule is Cc1ccccc1NC(=O)C1CC1C(=O)NCCc1ccc(F)cc1. The fourth-order valence-electron chi connectivity index (χ4n) is 2.83. The zero-order valence-electron chi connectivity index (χ0n) is 14.1. The molecule has 0 spiro atoms. The van der Waals surface area contributed by atoms with Crippen molar-refractivity contribution in [2.75, 3.05) is 11.9 Å². The van der Waals surface area contributed by atoms with Crippen LogP contribution in [0.15, 0.2) is 48.5 Å². The van der Waals surface area contributed by atoms with E-state index < -0.39 is 0 Å². The standard InChI is InChI=1S/C20H21FN2O2/c1-13-4-2-3-5-18(13)23-20(25)17-12-16(17)19(24)22-11-10-14-6-8-15(21)9-7-14/h2-9,16-17H,10-12H2,1H3,(H,22,24)(H,23,25). The summed E-state index contributed by atoms with van der Waals surface area (Å²) in [6, 6.07) is 13.8. The highest BCUT2D eigenvalue weighted by molar-refractivity contribution is 5.99. The topological polar surface area (TPSA) is 58.2 Å². The third kappa shape index (κ3) is 4.44. The molecular formula is C20H21FN2O2. The van der Waals surface area contributed by atoms with Crippen LogP contribution in [0.2, 0.25) is 0 Å². The van der Waals surface area contributed by atoms with Crippen molar-refractivity contribution in [2.45, 2.75) is 19.8 Å². The molecule has 5 heteroatoms. The summed E-state index contributed by atoms with van der Waals surface area (Å²) in [5.74, 6) is -0.976. The van der Waals surface area contributed by atoms with Crippen LogP contribution in [0.5, 0.6) is 0 Å². The molecule has 0 saturated heterocycles. The number of benzene rings is 2. The van der Waals surface area contributed by atoms with E-state index in [9.17, 15) is 14.0 Å². The summed E-state index contributed by atoms with van der Waals surface area (Å²) in [5, 5.41) is 5.74. The Balaban J connectivity index is 1.43. The van der Waals surface area contributed by atoms with E-state index in [-0.39, 0.29) is 29.5 Å². The first-order chi connectivity index (χ1) is 12.0. The first kappa shape index (κ1) is 17.1. The Labute approximate surface area is 146 Å². The van der Waals surface area contributed by atoms with Crippen LogP contribution in [0, 0.1) is 24.6 Å². The predicted octanol–water partition coefficient (Wildman–Crippen LogP) is 3.07. The van der Waals surface area contributed by atoms with Crippen molar-refractivity contribution in [2.24, 2.45) is 11.8 Å². The Kier molecular flexibility index (Phi) is 5.12. The summed E-state index contributed by atoms with van der Waals surface area (Å²) >= 11 is 0. The van der Waals surface area contributed by atoms with Crippen LogP contribution in [-0.4, -0.2) is 18.4 Å². The Hall–Kier alpha value is -2.69. The van der Waals surface area contributed by atoms with Gasteiger partial charge in [-0.25, -0.2) is 4.39 Å². The summed E-state index contributed by atoms with van der Waals surface area (Å²) in [6.07, 6.45) is 1.22. The first-order valence-electron chi connectivity index (χ1n) is 8.43. The molecule has 2 aromatic carbocycles. The van der Waals surface area contributed by atoms with Gasteiger partial charge in [0, 0.05) is 12.2 Å². The molecule has 2 N–H and O–H groups in total. The van der Waals surface area contributed by atoms with Crippen molar-refractivity contribution in [3.63, 3.8) is 0 Å². The highest BCUT2D eigenvalue weighted by atomic mass is 19.1. The minimum atomic E-state index is -0.270. The van der Waals surface area contributed by atoms with Crippen molar-refractivity contribution >= 4 is 17.5 Å². The lowest BCUT2D eigenvalue weighted by atomic mass is 10.1. The van der Waals surface area contributed by atoms with Crippen molar-refractivity contribution < 1.29 is 14.0 Å². The molecule has 2 unspecified atom stereocenters. The number of hydrogen-bond acceptors (Lipinski definition) is 2. The van der Waals surface area contributed by atoms with E-state index in [1.165, 1.54) is 12.1 Å². The highest BCUT2D eigenvalue weighted by Crippen LogP contribution is 2.39. The second-order valence-electron chi connectivity index (χ2n) is 6.42. The largest absolute Gasteiger partial charge is 0.356 e. The average Bonchev–Trinajstić information content (AvgIpc) is 3.39. The molecule has 1 fully saturated rings. The Morgan fingerprint density at radius 1 is 1.04 bits per heavy atom. The first-order valence-corrected chi connectivity index (χ1v) is 8.43. The normalized spacial score (nSPS) is 18.5. The van der Waals surface area contributed by atoms with Crippen LogP contribution in [-0.2, 0) is 16.0 Å². The van der Waals surface area contributed by atoms with Gasteiger partial charge in [0.15, 0.2) is 0 Å². The molecule has 2 amide bonds. The van der Waals surface area contributed by atoms with Gasteiger partial charge in [-0.3, -0.25) is 9.59 Å². The minimum absolute atomic E-state index is 0.0907. The smallest absolute Gasteiger partial charge is 0.228 e. The molecule has 2 atom stereocenters. The summed E-state index contributed by atoms with van der Waals surface area (Å²) in [7, 11) is 0. The number of carbonyl (C=O) groups excluding carboxylic acids is 2. The molecule has 4 nitrogen and oxygen atoms in total. The number of rotatable bonds is 6. The number of aryl methyl sites for hydroxylation is 1. The molecule has 0 heterocycles. The maximum atomic E-state index is 12.8. The van der Waals surface area contributed by atoms with Crippen LogP contribution in [0.1, 0.15) is 17.5 Å². The minimum Gasteiger partial charge on any atom is -0.356 e. The molecule has 25 heavy (non-hydrogen) atoms. The van der Waals surface area contributed by atoms with Crippen LogP contribution in [0.3, 0.4) is 0 Å². The van der Waals surface area contributed by atoms with E-state index in [0.29, 0.717) is 19.4 Å². The fraction of sp³-hybridized carbons (Fsp3) is 0.300. The van der Waals surface area contributed by atoms with Gasteiger partial charge in [0.1, 0.15) is 5.82 Å². The van der Waals surface area contributed by atoms with Crippen molar-refractivity contribution in [1.82, 2.24) is 5.32 Å². The molecular weight excluding hydrogens is 319 g/mol. The van der Waals surface area contributed by atoms with E-state index >= 15 is 0 Å². The van der Waals surface area contributed by atoms with Gasteiger partial charge < -0.3 is 10.6 Å². The maximum Gasteiger partial charge on any atom is 0.228 e. The van der Waals surface area contributed by atoms with E-state index in [0.717, 1.165) is 16.8 Å². The van der Waals surface area contributed by atoms with Gasteiger partial charge in [0.25, 0.3) is 0 Å². The Morgan fingerprint density at radius 3 is 2.44 bits per heavy atom. The van der Waals surface area contributed by atoms with Crippen molar-refractivity contribution in [3.05, 3.63) is 65.5 Å². The van der Waals surface area contributed by atoms with E-state index in [2.05, 4.69) is 10.6 Å². The molecule has 1 aliphatic rings. The van der Waals surface area contributed by atoms with Crippen LogP contribution in [0.25, 0.3) is 0 Å². The summed E-state index contributed by atoms with van der Waals surface area (Å²) < 4.78 is 12.8. The van der Waals surface area contributed by atoms with Gasteiger partial charge in [-0.05, 0) is 49.1 Å². The second-order valence-corrected chi connectivity index (χ2v) is 6.42. The molecule has 3 rings (SSSR count). The summed E-state index contributed by atoms with van der Waals surface area (Å²) in [4.78, 5) is 24.4. The molecule has 130 valence electrons. The number of hydrogen-bond donors (Lipinski definition) is 2. The number of amides is 2. The quantitative estimate of drug-likeness (QED) is 0.849. The molecule has 1 aliphatic carbocycles. The number of halogens is 1. The lowest BCUT2D eigenvalue weighted by Crippen LogP contribution is -2.29. The summed E-state index contributed by atoms with van der Waals surface area (Å²) in [6.45, 7) is 2.41. The zero-order chi connectivity index (χ0) is 17.8. The number of nitrogens with one attached hydrogen (secondary N) is 2. The monoisotopic (exact) mass is 340 g/mol. The summed E-state index contributed by atoms with van der Waals surface area (Å²) in [5.41, 5.74) is 2.75. The molecule has 2 aromatic rings. The van der Waals surface area contributed by atoms with Gasteiger partial charge in [-0.15, -0.1) is 0 Å². The van der Waals surface area contributed by atoms with E-state index in [4.69, 9.17) is 0 Å². The zero-order valence-corrected chi connectivity index (χ0v) is 14.1. The van der Waals surface area contributed by atoms with Gasteiger partial charge in [0.05, 0.1) is 11.8 Å². The van der Waals surface area contributed by atoms with Gasteiger partial charge >= 0.3 is 0 Å². The number of para-hydroxylation sites is 1. The highest BCUT2D eigenvalue weighted by Gasteiger charge is 2.47. The predicted molar refractivity (Wildman–Crippen MR) is 94.5 cm³/mol. The van der Waals surface area contributed by atoms with Gasteiger partial charge in [-0.2, -0.15) is 0 Å². The lowest BCUT2D eigenvalue weighted by Gasteiger charge is -2.08. The number of anilines is 1. The van der Waals surface area contributed by atoms with E-state index in [1.807, 2.05) is 31.2 Å². The third-order valence-electron chi connectivity index (χ3n) is 4.49. The lowest BCUT2D eigenvalue weighted by molar-refractivity contribution is -0.125. The molecule has 0 bridgehead atoms. The van der Waals surface area contributed by atoms with Crippen LogP contribution in [0.4, 0.5) is 10.1 Å². The fourth-order valence-corrected chi connectivity index (χ4v) is 2.83. The Morgan fingerprint density at radius 2 is 1.72 bits per heavy atom. The van der Waals surface area contributed by atoms with Gasteiger partial charge in [-0.1, -0.05) is 30.3 Å². The molecule has 1 saturated carbocycles. The van der Waals surface area contributed by atoms with Crippen LogP contribution < -0.4 is 10.6 Å². The number of carbonyl (C=O) groups is 2. The van der Waals surface area contributed by atoms with Crippen molar-refractivity contribution in [3.8, 4) is 0 Å². The second kappa shape index (κ2) is 7.47. The maximum absolute atomic E-state index is 12.8. The van der Waals surface area contributed by atoms with Crippen LogP contribution >= 0.6 is 0 Å². The molecule has 0 radical (unpaired) electrons. The third-order valence-corrected chi connectivity index (χ3v) is 4.49. The van der Waals surface area contributed by atoms with Crippen molar-refractivity contribution in [1.29, 1.82) is 0 Å².